The molecule has 2 amide bonds. The number of carbonyl (C=O) groups excluding carboxylic acids is 3. The Morgan fingerprint density at radius 2 is 1.73 bits per heavy atom. The highest BCUT2D eigenvalue weighted by Gasteiger charge is 2.29. The Bertz CT molecular complexity index is 1650. The van der Waals surface area contributed by atoms with E-state index in [1.165, 1.54) is 7.05 Å². The Hall–Kier alpha value is -4.95. The highest BCUT2D eigenvalue weighted by molar-refractivity contribution is 6.44. The van der Waals surface area contributed by atoms with Crippen molar-refractivity contribution in [3.63, 3.8) is 0 Å². The van der Waals surface area contributed by atoms with E-state index < -0.39 is 17.8 Å². The van der Waals surface area contributed by atoms with Crippen molar-refractivity contribution in [3.8, 4) is 11.5 Å². The van der Waals surface area contributed by atoms with E-state index >= 15 is 0 Å². The van der Waals surface area contributed by atoms with Crippen LogP contribution in [-0.2, 0) is 11.4 Å². The summed E-state index contributed by atoms with van der Waals surface area (Å²) in [4.78, 5) is 42.9. The molecule has 40 heavy (non-hydrogen) atoms. The fraction of sp³-hybridized carbons (Fsp3) is 0.0968. The number of carbonyl (C=O) groups is 3. The maximum absolute atomic E-state index is 13.4. The van der Waals surface area contributed by atoms with Gasteiger partial charge in [-0.25, -0.2) is 4.79 Å². The smallest absolute Gasteiger partial charge is 0.417 e. The van der Waals surface area contributed by atoms with Gasteiger partial charge < -0.3 is 14.8 Å². The average molecular weight is 554 g/mol. The van der Waals surface area contributed by atoms with Gasteiger partial charge in [-0.15, -0.1) is 0 Å². The molecule has 0 spiro atoms. The van der Waals surface area contributed by atoms with E-state index in [-0.39, 0.29) is 23.2 Å². The fourth-order valence-corrected chi connectivity index (χ4v) is 4.56. The standard InChI is InChI=1S/C31H24ClN3O5/c1-33-30(37)24-16-23-21(14-15-34-26(23)17-27(24)39-18-19-8-4-2-5-9-19)22-12-13-25(28(32)29(22)36)35-31(38)40-20-10-6-3-7-11-20/h2-17,22H,18H2,1H3,(H,33,37)(H,35,38). The number of hydrogen-bond acceptors (Lipinski definition) is 6. The number of Topliss-reactive ketones (excluding diaryl/α,β-unsaturated/α-hetero) is 1. The van der Waals surface area contributed by atoms with Gasteiger partial charge in [0.25, 0.3) is 5.91 Å². The monoisotopic (exact) mass is 553 g/mol. The highest BCUT2D eigenvalue weighted by Crippen LogP contribution is 2.35. The number of nitrogens with zero attached hydrogens (tertiary/aromatic N) is 1. The fourth-order valence-electron chi connectivity index (χ4n) is 4.33. The minimum atomic E-state index is -0.775. The molecule has 2 N–H and O–H groups in total. The first-order valence-electron chi connectivity index (χ1n) is 12.4. The molecule has 1 aromatic heterocycles. The molecule has 4 aromatic rings. The van der Waals surface area contributed by atoms with Gasteiger partial charge in [0.1, 0.15) is 23.1 Å². The number of aromatic nitrogens is 1. The highest BCUT2D eigenvalue weighted by atomic mass is 35.5. The largest absolute Gasteiger partial charge is 0.488 e. The van der Waals surface area contributed by atoms with Gasteiger partial charge in [0.15, 0.2) is 5.78 Å². The van der Waals surface area contributed by atoms with Gasteiger partial charge in [0, 0.05) is 24.7 Å². The van der Waals surface area contributed by atoms with E-state index in [2.05, 4.69) is 15.6 Å². The molecule has 8 nitrogen and oxygen atoms in total. The van der Waals surface area contributed by atoms with Crippen LogP contribution in [0.4, 0.5) is 4.79 Å². The second-order valence-corrected chi connectivity index (χ2v) is 9.25. The van der Waals surface area contributed by atoms with Crippen LogP contribution in [-0.4, -0.2) is 29.8 Å². The topological polar surface area (TPSA) is 107 Å². The van der Waals surface area contributed by atoms with Crippen LogP contribution in [0.2, 0.25) is 0 Å². The summed E-state index contributed by atoms with van der Waals surface area (Å²) in [6.07, 6.45) is 4.01. The van der Waals surface area contributed by atoms with Crippen molar-refractivity contribution in [1.29, 1.82) is 0 Å². The van der Waals surface area contributed by atoms with Gasteiger partial charge in [-0.1, -0.05) is 66.2 Å². The van der Waals surface area contributed by atoms with Crippen molar-refractivity contribution < 1.29 is 23.9 Å². The molecule has 1 aliphatic carbocycles. The number of pyridine rings is 1. The zero-order valence-electron chi connectivity index (χ0n) is 21.4. The van der Waals surface area contributed by atoms with E-state index in [1.54, 1.807) is 66.9 Å². The first kappa shape index (κ1) is 26.6. The summed E-state index contributed by atoms with van der Waals surface area (Å²) in [6, 6.07) is 23.2. The average Bonchev–Trinajstić information content (AvgIpc) is 2.98. The van der Waals surface area contributed by atoms with Crippen LogP contribution in [0, 0.1) is 0 Å². The number of benzene rings is 3. The summed E-state index contributed by atoms with van der Waals surface area (Å²) >= 11 is 6.41. The van der Waals surface area contributed by atoms with E-state index in [0.717, 1.165) is 5.56 Å². The van der Waals surface area contributed by atoms with Crippen molar-refractivity contribution >= 4 is 40.3 Å². The first-order valence-corrected chi connectivity index (χ1v) is 12.8. The zero-order valence-corrected chi connectivity index (χ0v) is 22.1. The SMILES string of the molecule is CNC(=O)c1cc2c(C3C=CC(NC(=O)Oc4ccccc4)=C(Cl)C3=O)ccnc2cc1OCc1ccccc1. The van der Waals surface area contributed by atoms with Crippen LogP contribution in [0.15, 0.2) is 108 Å². The van der Waals surface area contributed by atoms with Gasteiger partial charge in [-0.2, -0.15) is 0 Å². The molecule has 5 rings (SSSR count). The number of halogens is 1. The molecule has 0 fully saturated rings. The van der Waals surface area contributed by atoms with E-state index in [1.807, 2.05) is 30.3 Å². The molecule has 0 radical (unpaired) electrons. The lowest BCUT2D eigenvalue weighted by molar-refractivity contribution is -0.115. The molecule has 0 aliphatic heterocycles. The van der Waals surface area contributed by atoms with Gasteiger partial charge >= 0.3 is 6.09 Å². The van der Waals surface area contributed by atoms with Crippen molar-refractivity contribution in [2.75, 3.05) is 7.05 Å². The first-order chi connectivity index (χ1) is 19.4. The molecule has 0 bridgehead atoms. The van der Waals surface area contributed by atoms with E-state index in [4.69, 9.17) is 21.1 Å². The van der Waals surface area contributed by atoms with E-state index in [9.17, 15) is 14.4 Å². The summed E-state index contributed by atoms with van der Waals surface area (Å²) in [6.45, 7) is 0.267. The second-order valence-electron chi connectivity index (χ2n) is 8.88. The molecular formula is C31H24ClN3O5. The Balaban J connectivity index is 1.42. The number of rotatable bonds is 7. The van der Waals surface area contributed by atoms with Crippen LogP contribution >= 0.6 is 11.6 Å². The number of nitrogens with one attached hydrogen (secondary N) is 2. The van der Waals surface area contributed by atoms with Crippen LogP contribution < -0.4 is 20.1 Å². The van der Waals surface area contributed by atoms with Gasteiger partial charge in [-0.3, -0.25) is 19.9 Å². The van der Waals surface area contributed by atoms with Crippen molar-refractivity contribution in [3.05, 3.63) is 125 Å². The summed E-state index contributed by atoms with van der Waals surface area (Å²) in [7, 11) is 1.53. The maximum Gasteiger partial charge on any atom is 0.417 e. The minimum absolute atomic E-state index is 0.129. The normalized spacial score (nSPS) is 14.7. The number of ether oxygens (including phenoxy) is 2. The number of hydrogen-bond donors (Lipinski definition) is 2. The quantitative estimate of drug-likeness (QED) is 0.307. The summed E-state index contributed by atoms with van der Waals surface area (Å²) in [5.41, 5.74) is 2.54. The number of fused-ring (bicyclic) bond motifs is 1. The van der Waals surface area contributed by atoms with Crippen molar-refractivity contribution in [2.24, 2.45) is 0 Å². The third kappa shape index (κ3) is 5.72. The number of allylic oxidation sites excluding steroid dienone is 3. The lowest BCUT2D eigenvalue weighted by Gasteiger charge is -2.21. The molecule has 1 atom stereocenters. The molecule has 0 saturated carbocycles. The molecule has 9 heteroatoms. The predicted octanol–water partition coefficient (Wildman–Crippen LogP) is 5.63. The Morgan fingerprint density at radius 1 is 1.00 bits per heavy atom. The van der Waals surface area contributed by atoms with Crippen molar-refractivity contribution in [1.82, 2.24) is 15.6 Å². The summed E-state index contributed by atoms with van der Waals surface area (Å²) in [5, 5.41) is 5.62. The molecule has 1 aliphatic rings. The maximum atomic E-state index is 13.4. The lowest BCUT2D eigenvalue weighted by Crippen LogP contribution is -2.29. The molecule has 1 heterocycles. The molecule has 1 unspecified atom stereocenters. The lowest BCUT2D eigenvalue weighted by atomic mass is 9.87. The minimum Gasteiger partial charge on any atom is -0.488 e. The molecule has 3 aromatic carbocycles. The molecule has 0 saturated heterocycles. The van der Waals surface area contributed by atoms with Crippen molar-refractivity contribution in [2.45, 2.75) is 12.5 Å². The van der Waals surface area contributed by atoms with Gasteiger partial charge in [-0.05, 0) is 41.5 Å². The summed E-state index contributed by atoms with van der Waals surface area (Å²) < 4.78 is 11.2. The van der Waals surface area contributed by atoms with Gasteiger partial charge in [0.2, 0.25) is 0 Å². The van der Waals surface area contributed by atoms with Crippen LogP contribution in [0.3, 0.4) is 0 Å². The van der Waals surface area contributed by atoms with Crippen LogP contribution in [0.25, 0.3) is 10.9 Å². The molecular weight excluding hydrogens is 530 g/mol. The Labute approximate surface area is 235 Å². The number of ketones is 1. The second kappa shape index (κ2) is 11.8. The molecule has 200 valence electrons. The van der Waals surface area contributed by atoms with E-state index in [0.29, 0.717) is 33.5 Å². The third-order valence-corrected chi connectivity index (χ3v) is 6.69. The Kier molecular flexibility index (Phi) is 7.89. The van der Waals surface area contributed by atoms with Gasteiger partial charge in [0.05, 0.1) is 22.7 Å². The zero-order chi connectivity index (χ0) is 28.1. The van der Waals surface area contributed by atoms with Crippen LogP contribution in [0.5, 0.6) is 11.5 Å². The number of para-hydroxylation sites is 1. The Morgan fingerprint density at radius 3 is 2.45 bits per heavy atom. The summed E-state index contributed by atoms with van der Waals surface area (Å²) in [5.74, 6) is -0.804. The predicted molar refractivity (Wildman–Crippen MR) is 151 cm³/mol. The number of amides is 2. The third-order valence-electron chi connectivity index (χ3n) is 6.30. The van der Waals surface area contributed by atoms with Crippen LogP contribution in [0.1, 0.15) is 27.4 Å².